The van der Waals surface area contributed by atoms with Gasteiger partial charge in [-0.15, -0.1) is 0 Å². The van der Waals surface area contributed by atoms with Crippen LogP contribution in [0.15, 0.2) is 24.3 Å². The summed E-state index contributed by atoms with van der Waals surface area (Å²) in [6.45, 7) is 0.725. The molecule has 4 N–H and O–H groups in total. The van der Waals surface area contributed by atoms with Crippen LogP contribution in [0.25, 0.3) is 10.9 Å². The molecule has 1 unspecified atom stereocenters. The monoisotopic (exact) mass is 259 g/mol. The Morgan fingerprint density at radius 3 is 3.11 bits per heavy atom. The summed E-state index contributed by atoms with van der Waals surface area (Å²) in [5.41, 5.74) is 7.85. The van der Waals surface area contributed by atoms with E-state index in [1.54, 1.807) is 11.0 Å². The van der Waals surface area contributed by atoms with Gasteiger partial charge < -0.3 is 20.7 Å². The van der Waals surface area contributed by atoms with E-state index < -0.39 is 0 Å². The Kier molecular flexibility index (Phi) is 2.91. The molecule has 3 rings (SSSR count). The van der Waals surface area contributed by atoms with Crippen LogP contribution >= 0.6 is 0 Å². The number of likely N-dealkylation sites (tertiary alicyclic amines) is 1. The zero-order chi connectivity index (χ0) is 13.4. The predicted molar refractivity (Wildman–Crippen MR) is 73.9 cm³/mol. The lowest BCUT2D eigenvalue weighted by Crippen LogP contribution is -2.37. The van der Waals surface area contributed by atoms with Crippen molar-refractivity contribution in [3.63, 3.8) is 0 Å². The molecule has 1 aromatic carbocycles. The normalized spacial score (nSPS) is 19.2. The lowest BCUT2D eigenvalue weighted by Gasteiger charge is -2.22. The van der Waals surface area contributed by atoms with Crippen molar-refractivity contribution < 1.29 is 9.90 Å². The van der Waals surface area contributed by atoms with Crippen molar-refractivity contribution in [3.8, 4) is 0 Å². The molecule has 1 saturated heterocycles. The molecule has 1 aliphatic rings. The summed E-state index contributed by atoms with van der Waals surface area (Å²) < 4.78 is 0. The number of amides is 1. The van der Waals surface area contributed by atoms with Gasteiger partial charge >= 0.3 is 0 Å². The molecule has 0 radical (unpaired) electrons. The maximum Gasteiger partial charge on any atom is 0.270 e. The van der Waals surface area contributed by atoms with E-state index in [2.05, 4.69) is 4.98 Å². The number of hydrogen-bond donors (Lipinski definition) is 3. The van der Waals surface area contributed by atoms with Crippen LogP contribution in [0.3, 0.4) is 0 Å². The minimum atomic E-state index is -0.0628. The van der Waals surface area contributed by atoms with Gasteiger partial charge in [0, 0.05) is 11.9 Å². The van der Waals surface area contributed by atoms with Gasteiger partial charge in [-0.25, -0.2) is 0 Å². The van der Waals surface area contributed by atoms with E-state index in [0.29, 0.717) is 17.9 Å². The first-order valence-corrected chi connectivity index (χ1v) is 6.49. The second kappa shape index (κ2) is 4.59. The number of fused-ring (bicyclic) bond motifs is 1. The Balaban J connectivity index is 1.95. The fourth-order valence-corrected chi connectivity index (χ4v) is 2.74. The van der Waals surface area contributed by atoms with Crippen molar-refractivity contribution in [1.29, 1.82) is 0 Å². The molecule has 5 heteroatoms. The van der Waals surface area contributed by atoms with Crippen molar-refractivity contribution in [1.82, 2.24) is 9.88 Å². The number of carbonyl (C=O) groups excluding carboxylic acids is 1. The molecule has 1 aliphatic heterocycles. The number of rotatable bonds is 2. The van der Waals surface area contributed by atoms with Crippen LogP contribution in [0.2, 0.25) is 0 Å². The number of aliphatic hydroxyl groups is 1. The van der Waals surface area contributed by atoms with Gasteiger partial charge in [0.15, 0.2) is 0 Å². The van der Waals surface area contributed by atoms with Gasteiger partial charge in [-0.2, -0.15) is 0 Å². The largest absolute Gasteiger partial charge is 0.397 e. The molecule has 19 heavy (non-hydrogen) atoms. The average Bonchev–Trinajstić information content (AvgIpc) is 3.04. The Morgan fingerprint density at radius 2 is 2.37 bits per heavy atom. The molecule has 0 aliphatic carbocycles. The highest BCUT2D eigenvalue weighted by Crippen LogP contribution is 2.24. The molecule has 1 amide bonds. The third kappa shape index (κ3) is 1.96. The summed E-state index contributed by atoms with van der Waals surface area (Å²) in [7, 11) is 0. The summed E-state index contributed by atoms with van der Waals surface area (Å²) in [4.78, 5) is 17.3. The zero-order valence-corrected chi connectivity index (χ0v) is 10.6. The Morgan fingerprint density at radius 1 is 1.53 bits per heavy atom. The summed E-state index contributed by atoms with van der Waals surface area (Å²) >= 11 is 0. The number of para-hydroxylation sites is 1. The number of aliphatic hydroxyl groups excluding tert-OH is 1. The molecule has 0 spiro atoms. The molecule has 1 atom stereocenters. The van der Waals surface area contributed by atoms with Gasteiger partial charge in [-0.05, 0) is 25.0 Å². The number of nitrogens with zero attached hydrogens (tertiary/aromatic N) is 1. The summed E-state index contributed by atoms with van der Waals surface area (Å²) in [6.07, 6.45) is 1.81. The molecule has 2 heterocycles. The number of benzene rings is 1. The zero-order valence-electron chi connectivity index (χ0n) is 10.6. The molecule has 100 valence electrons. The van der Waals surface area contributed by atoms with Crippen molar-refractivity contribution >= 4 is 22.5 Å². The number of nitrogens with two attached hydrogens (primary N) is 1. The molecular weight excluding hydrogens is 242 g/mol. The van der Waals surface area contributed by atoms with Gasteiger partial charge in [-0.3, -0.25) is 4.79 Å². The third-order valence-electron chi connectivity index (χ3n) is 3.77. The molecule has 5 nitrogen and oxygen atoms in total. The van der Waals surface area contributed by atoms with Gasteiger partial charge in [0.05, 0.1) is 23.9 Å². The van der Waals surface area contributed by atoms with E-state index in [4.69, 9.17) is 5.73 Å². The van der Waals surface area contributed by atoms with Crippen LogP contribution in [0.1, 0.15) is 23.3 Å². The summed E-state index contributed by atoms with van der Waals surface area (Å²) in [5.74, 6) is -0.0628. The number of aromatic amines is 1. The molecule has 1 fully saturated rings. The number of carbonyl (C=O) groups is 1. The number of nitrogens with one attached hydrogen (secondary N) is 1. The minimum Gasteiger partial charge on any atom is -0.397 e. The first-order chi connectivity index (χ1) is 9.20. The van der Waals surface area contributed by atoms with Crippen LogP contribution in [0, 0.1) is 0 Å². The number of nitrogen functional groups attached to an aromatic ring is 1. The maximum absolute atomic E-state index is 12.4. The van der Waals surface area contributed by atoms with E-state index in [1.807, 2.05) is 18.2 Å². The number of anilines is 1. The highest BCUT2D eigenvalue weighted by molar-refractivity contribution is 6.01. The quantitative estimate of drug-likeness (QED) is 0.712. The fourth-order valence-electron chi connectivity index (χ4n) is 2.74. The second-order valence-corrected chi connectivity index (χ2v) is 4.97. The summed E-state index contributed by atoms with van der Waals surface area (Å²) in [6, 6.07) is 7.36. The topological polar surface area (TPSA) is 82.3 Å². The van der Waals surface area contributed by atoms with E-state index in [-0.39, 0.29) is 18.6 Å². The van der Waals surface area contributed by atoms with E-state index in [9.17, 15) is 9.90 Å². The fraction of sp³-hybridized carbons (Fsp3) is 0.357. The highest BCUT2D eigenvalue weighted by Gasteiger charge is 2.29. The molecule has 0 saturated carbocycles. The van der Waals surface area contributed by atoms with Crippen molar-refractivity contribution in [2.24, 2.45) is 0 Å². The minimum absolute atomic E-state index is 0.0219. The van der Waals surface area contributed by atoms with Crippen molar-refractivity contribution in [2.75, 3.05) is 18.9 Å². The first kappa shape index (κ1) is 12.0. The summed E-state index contributed by atoms with van der Waals surface area (Å²) in [5, 5.41) is 10.2. The number of hydrogen-bond acceptors (Lipinski definition) is 3. The third-order valence-corrected chi connectivity index (χ3v) is 3.77. The van der Waals surface area contributed by atoms with Crippen LogP contribution in [0.5, 0.6) is 0 Å². The number of H-pyrrole nitrogens is 1. The van der Waals surface area contributed by atoms with Crippen LogP contribution in [-0.4, -0.2) is 40.1 Å². The van der Waals surface area contributed by atoms with E-state index in [0.717, 1.165) is 23.7 Å². The van der Waals surface area contributed by atoms with E-state index >= 15 is 0 Å². The average molecular weight is 259 g/mol. The predicted octanol–water partition coefficient (Wildman–Crippen LogP) is 1.35. The standard InChI is InChI=1S/C14H17N3O2/c15-11-5-1-3-9-7-12(16-13(9)11)14(19)17-6-2-4-10(17)8-18/h1,3,5,7,10,16,18H,2,4,6,8,15H2. The molecular formula is C14H17N3O2. The SMILES string of the molecule is Nc1cccc2cc(C(=O)N3CCCC3CO)[nH]c12. The van der Waals surface area contributed by atoms with Gasteiger partial charge in [0.1, 0.15) is 5.69 Å². The van der Waals surface area contributed by atoms with Crippen LogP contribution in [-0.2, 0) is 0 Å². The van der Waals surface area contributed by atoms with Crippen molar-refractivity contribution in [3.05, 3.63) is 30.0 Å². The molecule has 0 bridgehead atoms. The Bertz CT molecular complexity index is 620. The van der Waals surface area contributed by atoms with Crippen LogP contribution in [0.4, 0.5) is 5.69 Å². The smallest absolute Gasteiger partial charge is 0.270 e. The van der Waals surface area contributed by atoms with Crippen LogP contribution < -0.4 is 5.73 Å². The lowest BCUT2D eigenvalue weighted by molar-refractivity contribution is 0.0673. The van der Waals surface area contributed by atoms with Gasteiger partial charge in [0.2, 0.25) is 0 Å². The Labute approximate surface area is 111 Å². The first-order valence-electron chi connectivity index (χ1n) is 6.49. The maximum atomic E-state index is 12.4. The lowest BCUT2D eigenvalue weighted by atomic mass is 10.2. The molecule has 2 aromatic rings. The second-order valence-electron chi connectivity index (χ2n) is 4.97. The number of aromatic nitrogens is 1. The van der Waals surface area contributed by atoms with Gasteiger partial charge in [0.25, 0.3) is 5.91 Å². The van der Waals surface area contributed by atoms with Gasteiger partial charge in [-0.1, -0.05) is 12.1 Å². The van der Waals surface area contributed by atoms with E-state index in [1.165, 1.54) is 0 Å². The Hall–Kier alpha value is -2.01. The van der Waals surface area contributed by atoms with Crippen molar-refractivity contribution in [2.45, 2.75) is 18.9 Å². The highest BCUT2D eigenvalue weighted by atomic mass is 16.3. The molecule has 1 aromatic heterocycles.